The maximum absolute atomic E-state index is 14.6. The number of nitrogens with one attached hydrogen (secondary N) is 2. The normalized spacial score (nSPS) is 19.2. The van der Waals surface area contributed by atoms with Crippen LogP contribution in [0.1, 0.15) is 24.8 Å². The van der Waals surface area contributed by atoms with Crippen LogP contribution in [0.2, 0.25) is 0 Å². The van der Waals surface area contributed by atoms with Gasteiger partial charge in [0.1, 0.15) is 11.1 Å². The third kappa shape index (κ3) is 3.27. The molecule has 4 rings (SSSR count). The molecule has 1 amide bonds. The van der Waals surface area contributed by atoms with Gasteiger partial charge < -0.3 is 15.1 Å². The fourth-order valence-corrected chi connectivity index (χ4v) is 3.13. The summed E-state index contributed by atoms with van der Waals surface area (Å²) in [5.41, 5.74) is -1.80. The lowest BCUT2D eigenvalue weighted by Crippen LogP contribution is -2.32. The van der Waals surface area contributed by atoms with E-state index >= 15 is 0 Å². The smallest absolute Gasteiger partial charge is 0.416 e. The second-order valence-corrected chi connectivity index (χ2v) is 7.09. The Kier molecular flexibility index (Phi) is 4.51. The van der Waals surface area contributed by atoms with Crippen molar-refractivity contribution in [2.45, 2.75) is 24.9 Å². The summed E-state index contributed by atoms with van der Waals surface area (Å²) in [5.74, 6) is -1.10. The Hall–Kier alpha value is -3.44. The molecule has 12 heteroatoms. The highest BCUT2D eigenvalue weighted by Crippen LogP contribution is 2.36. The summed E-state index contributed by atoms with van der Waals surface area (Å²) >= 11 is 0. The molecule has 0 unspecified atom stereocenters. The number of aromatic nitrogens is 4. The number of rotatable bonds is 4. The monoisotopic (exact) mass is 424 g/mol. The Balaban J connectivity index is 1.67. The molecule has 2 N–H and O–H groups in total. The van der Waals surface area contributed by atoms with Gasteiger partial charge in [-0.05, 0) is 37.6 Å². The fraction of sp³-hybridized carbons (Fsp3) is 0.333. The van der Waals surface area contributed by atoms with Crippen LogP contribution in [0.3, 0.4) is 0 Å². The third-order valence-corrected chi connectivity index (χ3v) is 4.97. The molecular formula is C18H16F4N6O2. The van der Waals surface area contributed by atoms with Gasteiger partial charge in [0, 0.05) is 19.3 Å². The zero-order valence-corrected chi connectivity index (χ0v) is 15.8. The van der Waals surface area contributed by atoms with Crippen molar-refractivity contribution < 1.29 is 26.8 Å². The minimum absolute atomic E-state index is 0.0318. The molecule has 1 fully saturated rings. The molecular weight excluding hydrogens is 408 g/mol. The molecule has 0 radical (unpaired) electrons. The average molecular weight is 424 g/mol. The van der Waals surface area contributed by atoms with E-state index in [-0.39, 0.29) is 34.8 Å². The van der Waals surface area contributed by atoms with E-state index in [1.165, 1.54) is 19.2 Å². The number of hydrogen-bond acceptors (Lipinski definition) is 6. The number of alkyl halides is 3. The van der Waals surface area contributed by atoms with E-state index in [4.69, 9.17) is 4.42 Å². The van der Waals surface area contributed by atoms with Gasteiger partial charge in [-0.2, -0.15) is 22.7 Å². The quantitative estimate of drug-likeness (QED) is 0.625. The Labute approximate surface area is 167 Å². The molecule has 0 bridgehead atoms. The van der Waals surface area contributed by atoms with Crippen LogP contribution >= 0.6 is 0 Å². The van der Waals surface area contributed by atoms with Crippen LogP contribution in [-0.2, 0) is 23.4 Å². The van der Waals surface area contributed by atoms with Crippen molar-refractivity contribution in [2.75, 3.05) is 11.9 Å². The fourth-order valence-electron chi connectivity index (χ4n) is 3.13. The minimum Gasteiger partial charge on any atom is -0.418 e. The van der Waals surface area contributed by atoms with E-state index in [1.54, 1.807) is 6.92 Å². The Morgan fingerprint density at radius 1 is 1.23 bits per heavy atom. The molecule has 1 atom stereocenters. The predicted molar refractivity (Wildman–Crippen MR) is 96.2 cm³/mol. The van der Waals surface area contributed by atoms with Crippen LogP contribution in [0, 0.1) is 5.95 Å². The van der Waals surface area contributed by atoms with Gasteiger partial charge >= 0.3 is 6.18 Å². The molecule has 3 aromatic rings. The summed E-state index contributed by atoms with van der Waals surface area (Å²) in [6.45, 7) is 2.12. The van der Waals surface area contributed by atoms with Gasteiger partial charge in [-0.1, -0.05) is 0 Å². The van der Waals surface area contributed by atoms with Crippen LogP contribution in [0.15, 0.2) is 28.7 Å². The second-order valence-electron chi connectivity index (χ2n) is 7.09. The number of anilines is 2. The zero-order chi connectivity index (χ0) is 21.7. The van der Waals surface area contributed by atoms with Crippen LogP contribution in [0.25, 0.3) is 11.6 Å². The van der Waals surface area contributed by atoms with E-state index in [9.17, 15) is 22.4 Å². The highest BCUT2D eigenvalue weighted by atomic mass is 19.4. The van der Waals surface area contributed by atoms with Crippen molar-refractivity contribution >= 4 is 17.3 Å². The highest BCUT2D eigenvalue weighted by Gasteiger charge is 2.44. The van der Waals surface area contributed by atoms with Gasteiger partial charge in [-0.15, -0.1) is 10.2 Å². The average Bonchev–Trinajstić information content (AvgIpc) is 3.37. The number of nitrogens with zero attached hydrogens (tertiary/aromatic N) is 4. The number of amides is 1. The van der Waals surface area contributed by atoms with Crippen molar-refractivity contribution in [3.8, 4) is 11.6 Å². The molecule has 0 spiro atoms. The topological polar surface area (TPSA) is 97.9 Å². The largest absolute Gasteiger partial charge is 0.418 e. The summed E-state index contributed by atoms with van der Waals surface area (Å²) in [6, 6.07) is 4.09. The van der Waals surface area contributed by atoms with Crippen molar-refractivity contribution in [3.63, 3.8) is 0 Å². The number of carbonyl (C=O) groups is 1. The van der Waals surface area contributed by atoms with Crippen molar-refractivity contribution in [3.05, 3.63) is 41.7 Å². The SMILES string of the molecule is Cn1nc(-c2nnc([C@@]3(C)CCNC3=O)o2)c(Nc2ccc(C(F)(F)F)cc2)c1F. The highest BCUT2D eigenvalue weighted by molar-refractivity contribution is 5.88. The molecule has 1 saturated heterocycles. The standard InChI is InChI=1S/C18H16F4N6O2/c1-17(7-8-23-15(17)29)16-26-25-14(30-16)12-11(13(19)28(2)27-12)24-10-5-3-9(4-6-10)18(20,21)22/h3-6,24H,7-8H2,1-2H3,(H,23,29)/t17-/m0/s1. The molecule has 1 aliphatic rings. The van der Waals surface area contributed by atoms with E-state index in [2.05, 4.69) is 25.9 Å². The summed E-state index contributed by atoms with van der Waals surface area (Å²) < 4.78 is 59.4. The Bertz CT molecular complexity index is 1110. The van der Waals surface area contributed by atoms with Gasteiger partial charge in [0.05, 0.1) is 5.56 Å². The maximum atomic E-state index is 14.6. The van der Waals surface area contributed by atoms with Gasteiger partial charge in [0.25, 0.3) is 5.89 Å². The molecule has 30 heavy (non-hydrogen) atoms. The van der Waals surface area contributed by atoms with Crippen LogP contribution in [-0.4, -0.2) is 32.4 Å². The van der Waals surface area contributed by atoms with Crippen molar-refractivity contribution in [2.24, 2.45) is 7.05 Å². The molecule has 2 aromatic heterocycles. The van der Waals surface area contributed by atoms with E-state index < -0.39 is 23.1 Å². The number of hydrogen-bond donors (Lipinski definition) is 2. The first kappa shape index (κ1) is 19.9. The summed E-state index contributed by atoms with van der Waals surface area (Å²) in [4.78, 5) is 12.1. The number of benzene rings is 1. The van der Waals surface area contributed by atoms with Crippen LogP contribution in [0.5, 0.6) is 0 Å². The number of aryl methyl sites for hydroxylation is 1. The lowest BCUT2D eigenvalue weighted by Gasteiger charge is -2.14. The summed E-state index contributed by atoms with van der Waals surface area (Å²) in [5, 5.41) is 17.2. The molecule has 1 aromatic carbocycles. The summed E-state index contributed by atoms with van der Waals surface area (Å²) in [6.07, 6.45) is -4.02. The molecule has 8 nitrogen and oxygen atoms in total. The van der Waals surface area contributed by atoms with Gasteiger partial charge in [0.2, 0.25) is 17.7 Å². The second kappa shape index (κ2) is 6.82. The zero-order valence-electron chi connectivity index (χ0n) is 15.8. The van der Waals surface area contributed by atoms with E-state index in [0.29, 0.717) is 13.0 Å². The summed E-state index contributed by atoms with van der Waals surface area (Å²) in [7, 11) is 1.35. The lowest BCUT2D eigenvalue weighted by atomic mass is 9.89. The first-order chi connectivity index (χ1) is 14.1. The number of halogens is 4. The first-order valence-corrected chi connectivity index (χ1v) is 8.89. The predicted octanol–water partition coefficient (Wildman–Crippen LogP) is 3.15. The van der Waals surface area contributed by atoms with E-state index in [0.717, 1.165) is 16.8 Å². The lowest BCUT2D eigenvalue weighted by molar-refractivity contribution is -0.137. The van der Waals surface area contributed by atoms with Gasteiger partial charge in [0.15, 0.2) is 5.69 Å². The molecule has 0 saturated carbocycles. The maximum Gasteiger partial charge on any atom is 0.416 e. The molecule has 3 heterocycles. The Morgan fingerprint density at radius 2 is 1.93 bits per heavy atom. The molecule has 0 aliphatic carbocycles. The minimum atomic E-state index is -4.48. The van der Waals surface area contributed by atoms with Gasteiger partial charge in [-0.25, -0.2) is 4.68 Å². The molecule has 1 aliphatic heterocycles. The van der Waals surface area contributed by atoms with Crippen molar-refractivity contribution in [1.82, 2.24) is 25.3 Å². The van der Waals surface area contributed by atoms with Crippen LogP contribution in [0.4, 0.5) is 28.9 Å². The Morgan fingerprint density at radius 3 is 2.53 bits per heavy atom. The molecule has 158 valence electrons. The van der Waals surface area contributed by atoms with Gasteiger partial charge in [-0.3, -0.25) is 4.79 Å². The third-order valence-electron chi connectivity index (χ3n) is 4.97. The van der Waals surface area contributed by atoms with Crippen LogP contribution < -0.4 is 10.6 Å². The number of carbonyl (C=O) groups excluding carboxylic acids is 1. The first-order valence-electron chi connectivity index (χ1n) is 8.89. The van der Waals surface area contributed by atoms with E-state index in [1.807, 2.05) is 0 Å². The van der Waals surface area contributed by atoms with Crippen molar-refractivity contribution in [1.29, 1.82) is 0 Å².